The maximum absolute atomic E-state index is 11.9. The van der Waals surface area contributed by atoms with Crippen LogP contribution in [0.5, 0.6) is 0 Å². The van der Waals surface area contributed by atoms with E-state index in [1.54, 1.807) is 0 Å². The lowest BCUT2D eigenvalue weighted by molar-refractivity contribution is -0.153. The van der Waals surface area contributed by atoms with E-state index in [0.29, 0.717) is 12.8 Å². The predicted molar refractivity (Wildman–Crippen MR) is 72.0 cm³/mol. The molecular formula is C14H16N2O6. The van der Waals surface area contributed by atoms with Crippen molar-refractivity contribution in [3.63, 3.8) is 0 Å². The van der Waals surface area contributed by atoms with Gasteiger partial charge in [0.25, 0.3) is 11.8 Å². The lowest BCUT2D eigenvalue weighted by Crippen LogP contribution is -2.53. The van der Waals surface area contributed by atoms with Gasteiger partial charge in [-0.05, 0) is 19.3 Å². The number of carbonyl (C=O) groups is 5. The molecule has 1 N–H and O–H groups in total. The Morgan fingerprint density at radius 2 is 1.55 bits per heavy atom. The van der Waals surface area contributed by atoms with E-state index >= 15 is 0 Å². The highest BCUT2D eigenvalue weighted by Gasteiger charge is 2.42. The Kier molecular flexibility index (Phi) is 4.69. The maximum Gasteiger partial charge on any atom is 0.303 e. The summed E-state index contributed by atoms with van der Waals surface area (Å²) in [5.74, 6) is -2.91. The van der Waals surface area contributed by atoms with Crippen LogP contribution < -0.4 is 0 Å². The number of imide groups is 2. The van der Waals surface area contributed by atoms with Gasteiger partial charge in [-0.1, -0.05) is 0 Å². The quantitative estimate of drug-likeness (QED) is 0.524. The third kappa shape index (κ3) is 3.21. The molecule has 0 spiro atoms. The van der Waals surface area contributed by atoms with Gasteiger partial charge in [0.05, 0.1) is 0 Å². The average molecular weight is 308 g/mol. The number of rotatable bonds is 7. The first-order chi connectivity index (χ1) is 10.4. The minimum Gasteiger partial charge on any atom is -0.481 e. The van der Waals surface area contributed by atoms with Crippen molar-refractivity contribution in [2.75, 3.05) is 0 Å². The van der Waals surface area contributed by atoms with Crippen molar-refractivity contribution in [3.8, 4) is 0 Å². The van der Waals surface area contributed by atoms with Crippen LogP contribution in [0.2, 0.25) is 0 Å². The SMILES string of the molecule is O=C(O)CCCCC(N1C(=O)C=CC1=O)N1C(=O)CCC1=O. The molecule has 0 bridgehead atoms. The highest BCUT2D eigenvalue weighted by Crippen LogP contribution is 2.24. The van der Waals surface area contributed by atoms with Crippen molar-refractivity contribution in [1.82, 2.24) is 9.80 Å². The largest absolute Gasteiger partial charge is 0.481 e. The van der Waals surface area contributed by atoms with Crippen molar-refractivity contribution in [1.29, 1.82) is 0 Å². The Morgan fingerprint density at radius 3 is 2.05 bits per heavy atom. The Balaban J connectivity index is 2.12. The fourth-order valence-electron chi connectivity index (χ4n) is 2.61. The van der Waals surface area contributed by atoms with Crippen LogP contribution in [0.25, 0.3) is 0 Å². The van der Waals surface area contributed by atoms with E-state index in [0.717, 1.165) is 22.0 Å². The third-order valence-corrected chi connectivity index (χ3v) is 3.63. The molecule has 0 aromatic rings. The number of nitrogens with zero attached hydrogens (tertiary/aromatic N) is 2. The topological polar surface area (TPSA) is 112 Å². The summed E-state index contributed by atoms with van der Waals surface area (Å²) in [4.78, 5) is 59.8. The molecule has 22 heavy (non-hydrogen) atoms. The number of hydrogen-bond acceptors (Lipinski definition) is 5. The van der Waals surface area contributed by atoms with Gasteiger partial charge in [0.2, 0.25) is 11.8 Å². The molecule has 8 heteroatoms. The second kappa shape index (κ2) is 6.50. The number of aliphatic carboxylic acids is 1. The molecule has 2 heterocycles. The zero-order valence-electron chi connectivity index (χ0n) is 11.9. The summed E-state index contributed by atoms with van der Waals surface area (Å²) in [5, 5.41) is 8.62. The van der Waals surface area contributed by atoms with Crippen molar-refractivity contribution in [3.05, 3.63) is 12.2 Å². The minimum absolute atomic E-state index is 0.0469. The lowest BCUT2D eigenvalue weighted by atomic mass is 10.1. The number of carbonyl (C=O) groups excluding carboxylic acids is 4. The number of amides is 4. The monoisotopic (exact) mass is 308 g/mol. The molecule has 0 radical (unpaired) electrons. The van der Waals surface area contributed by atoms with E-state index in [1.807, 2.05) is 0 Å². The Hall–Kier alpha value is -2.51. The molecule has 1 unspecified atom stereocenters. The van der Waals surface area contributed by atoms with Gasteiger partial charge < -0.3 is 5.11 Å². The molecule has 2 aliphatic rings. The van der Waals surface area contributed by atoms with Crippen molar-refractivity contribution < 1.29 is 29.1 Å². The first-order valence-electron chi connectivity index (χ1n) is 7.03. The number of hydrogen-bond donors (Lipinski definition) is 1. The number of carboxylic acid groups (broad SMARTS) is 1. The van der Waals surface area contributed by atoms with Crippen LogP contribution in [-0.4, -0.2) is 50.7 Å². The van der Waals surface area contributed by atoms with E-state index < -0.39 is 35.8 Å². The van der Waals surface area contributed by atoms with E-state index in [2.05, 4.69) is 0 Å². The van der Waals surface area contributed by atoms with Gasteiger partial charge in [0, 0.05) is 31.4 Å². The standard InChI is InChI=1S/C14H16N2O6/c17-10-5-6-11(18)15(10)9(3-1-2-4-14(21)22)16-12(19)7-8-13(16)20/h5-6,9H,1-4,7-8H2,(H,21,22). The highest BCUT2D eigenvalue weighted by atomic mass is 16.4. The summed E-state index contributed by atoms with van der Waals surface area (Å²) in [6, 6.07) is 0. The zero-order chi connectivity index (χ0) is 16.3. The summed E-state index contributed by atoms with van der Waals surface area (Å²) in [7, 11) is 0. The second-order valence-corrected chi connectivity index (χ2v) is 5.16. The van der Waals surface area contributed by atoms with Gasteiger partial charge in [0.15, 0.2) is 0 Å². The molecule has 0 aliphatic carbocycles. The fraction of sp³-hybridized carbons (Fsp3) is 0.500. The van der Waals surface area contributed by atoms with Gasteiger partial charge in [-0.15, -0.1) is 0 Å². The van der Waals surface area contributed by atoms with Crippen LogP contribution in [0.4, 0.5) is 0 Å². The van der Waals surface area contributed by atoms with Crippen molar-refractivity contribution in [2.24, 2.45) is 0 Å². The molecule has 2 rings (SSSR count). The smallest absolute Gasteiger partial charge is 0.303 e. The van der Waals surface area contributed by atoms with E-state index in [9.17, 15) is 24.0 Å². The summed E-state index contributed by atoms with van der Waals surface area (Å²) in [6.07, 6.45) is 2.21. The molecule has 2 aliphatic heterocycles. The maximum atomic E-state index is 11.9. The van der Waals surface area contributed by atoms with Crippen LogP contribution in [0.15, 0.2) is 12.2 Å². The molecule has 0 aromatic carbocycles. The van der Waals surface area contributed by atoms with Gasteiger partial charge in [-0.25, -0.2) is 0 Å². The zero-order valence-corrected chi connectivity index (χ0v) is 11.9. The normalized spacial score (nSPS) is 19.5. The summed E-state index contributed by atoms with van der Waals surface area (Å²) in [5.41, 5.74) is 0. The Labute approximate surface area is 126 Å². The van der Waals surface area contributed by atoms with Gasteiger partial charge >= 0.3 is 5.97 Å². The first kappa shape index (κ1) is 15.9. The number of carboxylic acids is 1. The van der Waals surface area contributed by atoms with Gasteiger partial charge in [0.1, 0.15) is 6.17 Å². The molecule has 4 amide bonds. The highest BCUT2D eigenvalue weighted by molar-refractivity contribution is 6.14. The minimum atomic E-state index is -0.966. The van der Waals surface area contributed by atoms with Crippen LogP contribution in [0, 0.1) is 0 Å². The third-order valence-electron chi connectivity index (χ3n) is 3.63. The summed E-state index contributed by atoms with van der Waals surface area (Å²) < 4.78 is 0. The average Bonchev–Trinajstić information content (AvgIpc) is 2.95. The second-order valence-electron chi connectivity index (χ2n) is 5.16. The van der Waals surface area contributed by atoms with Crippen molar-refractivity contribution >= 4 is 29.6 Å². The fourth-order valence-corrected chi connectivity index (χ4v) is 2.61. The van der Waals surface area contributed by atoms with E-state index in [-0.39, 0.29) is 25.7 Å². The van der Waals surface area contributed by atoms with Crippen LogP contribution >= 0.6 is 0 Å². The van der Waals surface area contributed by atoms with Crippen LogP contribution in [0.1, 0.15) is 38.5 Å². The van der Waals surface area contributed by atoms with Crippen molar-refractivity contribution in [2.45, 2.75) is 44.7 Å². The molecule has 0 saturated carbocycles. The first-order valence-corrected chi connectivity index (χ1v) is 7.03. The Bertz CT molecular complexity index is 532. The molecule has 118 valence electrons. The molecule has 1 atom stereocenters. The van der Waals surface area contributed by atoms with Gasteiger partial charge in [-0.3, -0.25) is 33.8 Å². The number of likely N-dealkylation sites (tertiary alicyclic amines) is 1. The van der Waals surface area contributed by atoms with E-state index in [4.69, 9.17) is 5.11 Å². The Morgan fingerprint density at radius 1 is 1.00 bits per heavy atom. The van der Waals surface area contributed by atoms with E-state index in [1.165, 1.54) is 0 Å². The molecule has 8 nitrogen and oxygen atoms in total. The van der Waals surface area contributed by atoms with Crippen LogP contribution in [-0.2, 0) is 24.0 Å². The molecule has 0 aromatic heterocycles. The molecule has 1 fully saturated rings. The van der Waals surface area contributed by atoms with Crippen LogP contribution in [0.3, 0.4) is 0 Å². The molecular weight excluding hydrogens is 292 g/mol. The lowest BCUT2D eigenvalue weighted by Gasteiger charge is -2.32. The molecule has 1 saturated heterocycles. The van der Waals surface area contributed by atoms with Gasteiger partial charge in [-0.2, -0.15) is 0 Å². The summed E-state index contributed by atoms with van der Waals surface area (Å²) in [6.45, 7) is 0. The predicted octanol–water partition coefficient (Wildman–Crippen LogP) is 0.0315. The summed E-state index contributed by atoms with van der Waals surface area (Å²) >= 11 is 0. The number of unbranched alkanes of at least 4 members (excludes halogenated alkanes) is 1.